The van der Waals surface area contributed by atoms with Gasteiger partial charge in [-0.25, -0.2) is 4.79 Å². The van der Waals surface area contributed by atoms with Crippen molar-refractivity contribution in [1.82, 2.24) is 5.32 Å². The predicted octanol–water partition coefficient (Wildman–Crippen LogP) is 1.74. The van der Waals surface area contributed by atoms with Crippen molar-refractivity contribution in [1.29, 1.82) is 0 Å². The summed E-state index contributed by atoms with van der Waals surface area (Å²) in [5, 5.41) is 2.50. The fourth-order valence-electron chi connectivity index (χ4n) is 1.25. The Hall–Kier alpha value is -1.27. The summed E-state index contributed by atoms with van der Waals surface area (Å²) in [5.41, 5.74) is 6.36. The molecule has 1 aromatic rings. The molecule has 0 saturated carbocycles. The van der Waals surface area contributed by atoms with Gasteiger partial charge in [0.25, 0.3) is 5.91 Å². The highest BCUT2D eigenvalue weighted by Gasteiger charge is 2.18. The van der Waals surface area contributed by atoms with Gasteiger partial charge in [0.15, 0.2) is 0 Å². The number of hydrogen-bond acceptors (Lipinski definition) is 4. The number of rotatable bonds is 3. The molecule has 0 fully saturated rings. The fraction of sp³-hybridized carbons (Fsp3) is 0.273. The smallest absolute Gasteiger partial charge is 0.328 e. The quantitative estimate of drug-likeness (QED) is 0.650. The molecule has 0 radical (unpaired) electrons. The van der Waals surface area contributed by atoms with Crippen molar-refractivity contribution in [3.05, 3.63) is 28.2 Å². The van der Waals surface area contributed by atoms with E-state index in [1.165, 1.54) is 7.11 Å². The molecule has 0 spiro atoms. The van der Waals surface area contributed by atoms with E-state index in [2.05, 4.69) is 26.0 Å². The molecule has 0 aliphatic rings. The van der Waals surface area contributed by atoms with Gasteiger partial charge in [0.05, 0.1) is 12.7 Å². The van der Waals surface area contributed by atoms with Gasteiger partial charge in [0.1, 0.15) is 6.04 Å². The number of amides is 1. The first-order valence-corrected chi connectivity index (χ1v) is 5.68. The molecule has 1 rings (SSSR count). The highest BCUT2D eigenvalue weighted by atomic mass is 79.9. The van der Waals surface area contributed by atoms with Crippen LogP contribution in [0, 0.1) is 0 Å². The maximum absolute atomic E-state index is 11.8. The van der Waals surface area contributed by atoms with Crippen LogP contribution in [0.4, 0.5) is 5.69 Å². The van der Waals surface area contributed by atoms with Crippen LogP contribution < -0.4 is 11.1 Å². The fourth-order valence-corrected chi connectivity index (χ4v) is 1.63. The molecule has 1 aromatic carbocycles. The summed E-state index contributed by atoms with van der Waals surface area (Å²) in [4.78, 5) is 22.9. The first-order valence-electron chi connectivity index (χ1n) is 4.89. The zero-order chi connectivity index (χ0) is 13.0. The minimum absolute atomic E-state index is 0. The van der Waals surface area contributed by atoms with Crippen molar-refractivity contribution in [3.8, 4) is 0 Å². The van der Waals surface area contributed by atoms with Crippen LogP contribution in [0.3, 0.4) is 0 Å². The summed E-state index contributed by atoms with van der Waals surface area (Å²) in [7, 11) is 1.26. The Morgan fingerprint density at radius 1 is 1.44 bits per heavy atom. The Balaban J connectivity index is 0.00000289. The molecule has 0 aliphatic heterocycles. The van der Waals surface area contributed by atoms with E-state index in [0.717, 1.165) is 4.47 Å². The Bertz CT molecular complexity index is 454. The number of ether oxygens (including phenoxy) is 1. The lowest BCUT2D eigenvalue weighted by Crippen LogP contribution is -2.39. The summed E-state index contributed by atoms with van der Waals surface area (Å²) in [6, 6.07) is 4.19. The van der Waals surface area contributed by atoms with Crippen molar-refractivity contribution in [2.24, 2.45) is 0 Å². The Morgan fingerprint density at radius 2 is 2.06 bits per heavy atom. The molecule has 0 aromatic heterocycles. The third-order valence-electron chi connectivity index (χ3n) is 2.16. The molecule has 5 nitrogen and oxygen atoms in total. The second-order valence-electron chi connectivity index (χ2n) is 3.45. The van der Waals surface area contributed by atoms with Gasteiger partial charge < -0.3 is 15.8 Å². The zero-order valence-corrected chi connectivity index (χ0v) is 12.3. The monoisotopic (exact) mass is 336 g/mol. The minimum Gasteiger partial charge on any atom is -0.467 e. The lowest BCUT2D eigenvalue weighted by atomic mass is 10.1. The van der Waals surface area contributed by atoms with Crippen LogP contribution in [0.15, 0.2) is 22.7 Å². The topological polar surface area (TPSA) is 81.4 Å². The molecular weight excluding hydrogens is 323 g/mol. The molecule has 100 valence electrons. The van der Waals surface area contributed by atoms with E-state index < -0.39 is 17.9 Å². The Kier molecular flexibility index (Phi) is 6.72. The van der Waals surface area contributed by atoms with Crippen LogP contribution in [-0.2, 0) is 9.53 Å². The van der Waals surface area contributed by atoms with Crippen LogP contribution >= 0.6 is 28.3 Å². The van der Waals surface area contributed by atoms with Gasteiger partial charge in [-0.05, 0) is 25.1 Å². The average Bonchev–Trinajstić information content (AvgIpc) is 2.27. The lowest BCUT2D eigenvalue weighted by molar-refractivity contribution is -0.142. The number of methoxy groups -OCH3 is 1. The maximum Gasteiger partial charge on any atom is 0.328 e. The van der Waals surface area contributed by atoms with E-state index in [1.807, 2.05) is 0 Å². The highest BCUT2D eigenvalue weighted by Crippen LogP contribution is 2.18. The van der Waals surface area contributed by atoms with Gasteiger partial charge in [-0.3, -0.25) is 4.79 Å². The molecule has 7 heteroatoms. The molecule has 18 heavy (non-hydrogen) atoms. The van der Waals surface area contributed by atoms with Crippen molar-refractivity contribution >= 4 is 45.9 Å². The van der Waals surface area contributed by atoms with Crippen molar-refractivity contribution in [2.75, 3.05) is 12.8 Å². The van der Waals surface area contributed by atoms with Crippen molar-refractivity contribution in [3.63, 3.8) is 0 Å². The second kappa shape index (κ2) is 7.23. The van der Waals surface area contributed by atoms with Gasteiger partial charge in [-0.2, -0.15) is 0 Å². The highest BCUT2D eigenvalue weighted by molar-refractivity contribution is 9.10. The number of benzene rings is 1. The number of halogens is 2. The third kappa shape index (κ3) is 4.19. The second-order valence-corrected chi connectivity index (χ2v) is 4.37. The first-order chi connectivity index (χ1) is 7.95. The van der Waals surface area contributed by atoms with E-state index >= 15 is 0 Å². The Labute approximate surface area is 120 Å². The molecule has 1 amide bonds. The van der Waals surface area contributed by atoms with Crippen molar-refractivity contribution < 1.29 is 14.3 Å². The summed E-state index contributed by atoms with van der Waals surface area (Å²) in [6.07, 6.45) is 0. The van der Waals surface area contributed by atoms with Crippen LogP contribution in [0.5, 0.6) is 0 Å². The largest absolute Gasteiger partial charge is 0.467 e. The van der Waals surface area contributed by atoms with Gasteiger partial charge in [0.2, 0.25) is 0 Å². The lowest BCUT2D eigenvalue weighted by Gasteiger charge is -2.12. The molecule has 1 atom stereocenters. The maximum atomic E-state index is 11.8. The molecule has 3 N–H and O–H groups in total. The SMILES string of the molecule is COC(=O)[C@H](C)NC(=O)c1ccc(Br)cc1N.Cl. The molecule has 0 heterocycles. The number of carbonyl (C=O) groups is 2. The van der Waals surface area contributed by atoms with E-state index in [9.17, 15) is 9.59 Å². The summed E-state index contributed by atoms with van der Waals surface area (Å²) >= 11 is 3.24. The van der Waals surface area contributed by atoms with Gasteiger partial charge >= 0.3 is 5.97 Å². The Morgan fingerprint density at radius 3 is 2.56 bits per heavy atom. The summed E-state index contributed by atoms with van der Waals surface area (Å²) in [5.74, 6) is -0.915. The van der Waals surface area contributed by atoms with Gasteiger partial charge in [-0.1, -0.05) is 15.9 Å². The van der Waals surface area contributed by atoms with Crippen molar-refractivity contribution in [2.45, 2.75) is 13.0 Å². The summed E-state index contributed by atoms with van der Waals surface area (Å²) in [6.45, 7) is 1.54. The number of nitrogen functional groups attached to an aromatic ring is 1. The van der Waals surface area contributed by atoms with Crippen LogP contribution in [-0.4, -0.2) is 25.0 Å². The standard InChI is InChI=1S/C11H13BrN2O3.ClH/c1-6(11(16)17-2)14-10(15)8-4-3-7(12)5-9(8)13;/h3-6H,13H2,1-2H3,(H,14,15);1H/t6-;/m0./s1. The minimum atomic E-state index is -0.712. The number of nitrogens with two attached hydrogens (primary N) is 1. The molecule has 0 saturated heterocycles. The van der Waals surface area contributed by atoms with Crippen LogP contribution in [0.1, 0.15) is 17.3 Å². The number of esters is 1. The first kappa shape index (κ1) is 16.7. The average molecular weight is 338 g/mol. The number of carbonyl (C=O) groups excluding carboxylic acids is 2. The molecular formula is C11H14BrClN2O3. The zero-order valence-electron chi connectivity index (χ0n) is 9.90. The normalized spacial score (nSPS) is 11.1. The van der Waals surface area contributed by atoms with E-state index in [4.69, 9.17) is 5.73 Å². The number of anilines is 1. The predicted molar refractivity (Wildman–Crippen MR) is 74.7 cm³/mol. The molecule has 0 aliphatic carbocycles. The molecule has 0 bridgehead atoms. The van der Waals surface area contributed by atoms with Gasteiger partial charge in [0, 0.05) is 10.2 Å². The van der Waals surface area contributed by atoms with E-state index in [0.29, 0.717) is 11.3 Å². The van der Waals surface area contributed by atoms with E-state index in [-0.39, 0.29) is 12.4 Å². The van der Waals surface area contributed by atoms with Crippen LogP contribution in [0.2, 0.25) is 0 Å². The van der Waals surface area contributed by atoms with Crippen LogP contribution in [0.25, 0.3) is 0 Å². The number of nitrogens with one attached hydrogen (secondary N) is 1. The third-order valence-corrected chi connectivity index (χ3v) is 2.65. The summed E-state index contributed by atoms with van der Waals surface area (Å²) < 4.78 is 5.29. The van der Waals surface area contributed by atoms with Gasteiger partial charge in [-0.15, -0.1) is 12.4 Å². The molecule has 0 unspecified atom stereocenters. The number of hydrogen-bond donors (Lipinski definition) is 2. The van der Waals surface area contributed by atoms with E-state index in [1.54, 1.807) is 25.1 Å².